The van der Waals surface area contributed by atoms with Gasteiger partial charge in [-0.15, -0.1) is 0 Å². The Balaban J connectivity index is 1.78. The van der Waals surface area contributed by atoms with E-state index in [0.29, 0.717) is 12.2 Å². The van der Waals surface area contributed by atoms with Gasteiger partial charge in [0.15, 0.2) is 0 Å². The van der Waals surface area contributed by atoms with Gasteiger partial charge in [-0.25, -0.2) is 0 Å². The quantitative estimate of drug-likeness (QED) is 0.782. The average Bonchev–Trinajstić information content (AvgIpc) is 2.84. The summed E-state index contributed by atoms with van der Waals surface area (Å²) in [6.45, 7) is 2.60. The first-order valence-electron chi connectivity index (χ1n) is 7.03. The zero-order valence-corrected chi connectivity index (χ0v) is 12.3. The molecule has 0 aliphatic carbocycles. The van der Waals surface area contributed by atoms with Gasteiger partial charge in [-0.1, -0.05) is 48.0 Å². The second kappa shape index (κ2) is 5.44. The molecule has 1 amide bonds. The maximum Gasteiger partial charge on any atom is 0.268 e. The molecule has 1 aromatic heterocycles. The maximum absolute atomic E-state index is 12.3. The maximum atomic E-state index is 12.3. The molecule has 21 heavy (non-hydrogen) atoms. The normalized spacial score (nSPS) is 10.8. The van der Waals surface area contributed by atoms with Crippen LogP contribution < -0.4 is 5.32 Å². The van der Waals surface area contributed by atoms with Gasteiger partial charge < -0.3 is 9.88 Å². The Bertz CT molecular complexity index is 785. The van der Waals surface area contributed by atoms with Gasteiger partial charge in [0.2, 0.25) is 0 Å². The molecule has 3 aromatic rings. The molecule has 0 saturated heterocycles. The molecule has 3 rings (SSSR count). The molecule has 1 N–H and O–H groups in total. The van der Waals surface area contributed by atoms with Gasteiger partial charge in [0.1, 0.15) is 5.69 Å². The number of fused-ring (bicyclic) bond motifs is 1. The van der Waals surface area contributed by atoms with Crippen molar-refractivity contribution in [1.82, 2.24) is 9.88 Å². The second-order valence-electron chi connectivity index (χ2n) is 5.32. The number of amides is 1. The van der Waals surface area contributed by atoms with E-state index in [1.165, 1.54) is 5.56 Å². The summed E-state index contributed by atoms with van der Waals surface area (Å²) in [5.74, 6) is -0.0470. The SMILES string of the molecule is Cc1ccc(CNC(=O)c2cc3ccccc3n2C)cc1. The van der Waals surface area contributed by atoms with E-state index in [1.807, 2.05) is 54.1 Å². The lowest BCUT2D eigenvalue weighted by molar-refractivity contribution is 0.0943. The summed E-state index contributed by atoms with van der Waals surface area (Å²) in [7, 11) is 1.92. The van der Waals surface area contributed by atoms with Crippen molar-refractivity contribution in [2.75, 3.05) is 0 Å². The fourth-order valence-corrected chi connectivity index (χ4v) is 2.49. The van der Waals surface area contributed by atoms with Crippen molar-refractivity contribution < 1.29 is 4.79 Å². The molecule has 106 valence electrons. The number of hydrogen-bond acceptors (Lipinski definition) is 1. The van der Waals surface area contributed by atoms with E-state index in [0.717, 1.165) is 16.5 Å². The number of rotatable bonds is 3. The molecule has 0 radical (unpaired) electrons. The second-order valence-corrected chi connectivity index (χ2v) is 5.32. The first kappa shape index (κ1) is 13.4. The highest BCUT2D eigenvalue weighted by Crippen LogP contribution is 2.18. The minimum absolute atomic E-state index is 0.0470. The minimum atomic E-state index is -0.0470. The number of aryl methyl sites for hydroxylation is 2. The van der Waals surface area contributed by atoms with Crippen molar-refractivity contribution in [2.24, 2.45) is 7.05 Å². The highest BCUT2D eigenvalue weighted by atomic mass is 16.1. The lowest BCUT2D eigenvalue weighted by Gasteiger charge is -2.07. The Kier molecular flexibility index (Phi) is 3.48. The van der Waals surface area contributed by atoms with E-state index in [4.69, 9.17) is 0 Å². The third kappa shape index (κ3) is 2.68. The molecule has 0 unspecified atom stereocenters. The summed E-state index contributed by atoms with van der Waals surface area (Å²) < 4.78 is 1.93. The highest BCUT2D eigenvalue weighted by Gasteiger charge is 2.12. The van der Waals surface area contributed by atoms with Crippen LogP contribution in [-0.4, -0.2) is 10.5 Å². The molecule has 0 bridgehead atoms. The molecule has 0 aliphatic heterocycles. The third-order valence-electron chi connectivity index (χ3n) is 3.76. The van der Waals surface area contributed by atoms with E-state index in [-0.39, 0.29) is 5.91 Å². The standard InChI is InChI=1S/C18H18N2O/c1-13-7-9-14(10-8-13)12-19-18(21)17-11-15-5-3-4-6-16(15)20(17)2/h3-11H,12H2,1-2H3,(H,19,21). The zero-order valence-electron chi connectivity index (χ0n) is 12.3. The molecule has 3 nitrogen and oxygen atoms in total. The summed E-state index contributed by atoms with van der Waals surface area (Å²) in [6, 6.07) is 18.1. The summed E-state index contributed by atoms with van der Waals surface area (Å²) in [6.07, 6.45) is 0. The Morgan fingerprint density at radius 3 is 2.52 bits per heavy atom. The minimum Gasteiger partial charge on any atom is -0.347 e. The first-order valence-corrected chi connectivity index (χ1v) is 7.03. The van der Waals surface area contributed by atoms with E-state index < -0.39 is 0 Å². The summed E-state index contributed by atoms with van der Waals surface area (Å²) >= 11 is 0. The fourth-order valence-electron chi connectivity index (χ4n) is 2.49. The van der Waals surface area contributed by atoms with Crippen molar-refractivity contribution in [1.29, 1.82) is 0 Å². The molecule has 2 aromatic carbocycles. The predicted octanol–water partition coefficient (Wildman–Crippen LogP) is 3.42. The van der Waals surface area contributed by atoms with E-state index in [9.17, 15) is 4.79 Å². The number of carbonyl (C=O) groups is 1. The van der Waals surface area contributed by atoms with Gasteiger partial charge in [-0.2, -0.15) is 0 Å². The summed E-state index contributed by atoms with van der Waals surface area (Å²) in [5, 5.41) is 4.06. The van der Waals surface area contributed by atoms with Crippen LogP contribution in [0.5, 0.6) is 0 Å². The number of nitrogens with one attached hydrogen (secondary N) is 1. The Morgan fingerprint density at radius 1 is 1.10 bits per heavy atom. The molecule has 0 atom stereocenters. The zero-order chi connectivity index (χ0) is 14.8. The topological polar surface area (TPSA) is 34.0 Å². The Morgan fingerprint density at radius 2 is 1.81 bits per heavy atom. The monoisotopic (exact) mass is 278 g/mol. The van der Waals surface area contributed by atoms with Crippen molar-refractivity contribution in [3.63, 3.8) is 0 Å². The van der Waals surface area contributed by atoms with Crippen molar-refractivity contribution in [3.05, 3.63) is 71.4 Å². The van der Waals surface area contributed by atoms with Gasteiger partial charge in [-0.05, 0) is 24.6 Å². The first-order chi connectivity index (χ1) is 10.1. The molecule has 3 heteroatoms. The number of hydrogen-bond donors (Lipinski definition) is 1. The molecular formula is C18H18N2O. The van der Waals surface area contributed by atoms with Crippen LogP contribution in [0.2, 0.25) is 0 Å². The molecular weight excluding hydrogens is 260 g/mol. The lowest BCUT2D eigenvalue weighted by Crippen LogP contribution is -2.24. The number of para-hydroxylation sites is 1. The average molecular weight is 278 g/mol. The van der Waals surface area contributed by atoms with Gasteiger partial charge in [-0.3, -0.25) is 4.79 Å². The number of benzene rings is 2. The van der Waals surface area contributed by atoms with E-state index >= 15 is 0 Å². The molecule has 0 spiro atoms. The molecule has 0 saturated carbocycles. The predicted molar refractivity (Wildman–Crippen MR) is 85.3 cm³/mol. The van der Waals surface area contributed by atoms with Crippen LogP contribution >= 0.6 is 0 Å². The molecule has 0 fully saturated rings. The van der Waals surface area contributed by atoms with Crippen LogP contribution in [0.15, 0.2) is 54.6 Å². The van der Waals surface area contributed by atoms with Crippen molar-refractivity contribution >= 4 is 16.8 Å². The van der Waals surface area contributed by atoms with Gasteiger partial charge in [0, 0.05) is 24.5 Å². The number of aromatic nitrogens is 1. The van der Waals surface area contributed by atoms with Crippen LogP contribution in [-0.2, 0) is 13.6 Å². The van der Waals surface area contributed by atoms with Crippen LogP contribution in [0, 0.1) is 6.92 Å². The lowest BCUT2D eigenvalue weighted by atomic mass is 10.1. The molecule has 0 aliphatic rings. The van der Waals surface area contributed by atoms with Crippen LogP contribution in [0.3, 0.4) is 0 Å². The fraction of sp³-hybridized carbons (Fsp3) is 0.167. The smallest absolute Gasteiger partial charge is 0.268 e. The van der Waals surface area contributed by atoms with Crippen molar-refractivity contribution in [3.8, 4) is 0 Å². The van der Waals surface area contributed by atoms with Crippen molar-refractivity contribution in [2.45, 2.75) is 13.5 Å². The van der Waals surface area contributed by atoms with E-state index in [1.54, 1.807) is 0 Å². The largest absolute Gasteiger partial charge is 0.347 e. The number of carbonyl (C=O) groups excluding carboxylic acids is 1. The summed E-state index contributed by atoms with van der Waals surface area (Å²) in [5.41, 5.74) is 4.08. The van der Waals surface area contributed by atoms with Crippen LogP contribution in [0.4, 0.5) is 0 Å². The Labute approximate surface area is 124 Å². The number of nitrogens with zero attached hydrogens (tertiary/aromatic N) is 1. The van der Waals surface area contributed by atoms with Gasteiger partial charge in [0.25, 0.3) is 5.91 Å². The van der Waals surface area contributed by atoms with Gasteiger partial charge >= 0.3 is 0 Å². The molecule has 1 heterocycles. The summed E-state index contributed by atoms with van der Waals surface area (Å²) in [4.78, 5) is 12.3. The van der Waals surface area contributed by atoms with E-state index in [2.05, 4.69) is 24.4 Å². The van der Waals surface area contributed by atoms with Crippen LogP contribution in [0.25, 0.3) is 10.9 Å². The highest BCUT2D eigenvalue weighted by molar-refractivity contribution is 5.98. The van der Waals surface area contributed by atoms with Crippen LogP contribution in [0.1, 0.15) is 21.6 Å². The third-order valence-corrected chi connectivity index (χ3v) is 3.76. The Hall–Kier alpha value is -2.55. The van der Waals surface area contributed by atoms with Gasteiger partial charge in [0.05, 0.1) is 0 Å².